The second-order valence-corrected chi connectivity index (χ2v) is 21.2. The maximum absolute atomic E-state index is 13.0. The molecular formula is C45H74O19. The normalized spacial score (nSPS) is 55.5. The number of allylic oxidation sites excluding steroid dienone is 1. The van der Waals surface area contributed by atoms with Gasteiger partial charge >= 0.3 is 0 Å². The number of rotatable bonds is 12. The lowest BCUT2D eigenvalue weighted by atomic mass is 9.45. The Labute approximate surface area is 373 Å². The number of ether oxygens (including phenoxy) is 7. The largest absolute Gasteiger partial charge is 0.394 e. The van der Waals surface area contributed by atoms with Gasteiger partial charge in [0.1, 0.15) is 67.1 Å². The van der Waals surface area contributed by atoms with E-state index in [1.165, 1.54) is 12.5 Å². The van der Waals surface area contributed by atoms with Gasteiger partial charge in [-0.25, -0.2) is 0 Å². The van der Waals surface area contributed by atoms with E-state index in [4.69, 9.17) is 33.2 Å². The summed E-state index contributed by atoms with van der Waals surface area (Å²) in [5, 5.41) is 128. The van der Waals surface area contributed by atoms with Crippen molar-refractivity contribution in [3.8, 4) is 0 Å². The Balaban J connectivity index is 0.903. The van der Waals surface area contributed by atoms with Crippen molar-refractivity contribution in [2.45, 2.75) is 208 Å². The highest BCUT2D eigenvalue weighted by molar-refractivity contribution is 5.29. The molecule has 0 spiro atoms. The van der Waals surface area contributed by atoms with Crippen LogP contribution in [0.5, 0.6) is 0 Å². The van der Waals surface area contributed by atoms with Gasteiger partial charge in [0.25, 0.3) is 0 Å². The van der Waals surface area contributed by atoms with Crippen LogP contribution < -0.4 is 0 Å². The Hall–Kier alpha value is -1.02. The molecule has 4 heterocycles. The van der Waals surface area contributed by atoms with Gasteiger partial charge in [0, 0.05) is 30.1 Å². The summed E-state index contributed by atoms with van der Waals surface area (Å²) in [6.07, 6.45) is -14.1. The Morgan fingerprint density at radius 3 is 2.06 bits per heavy atom. The molecule has 19 heteroatoms. The van der Waals surface area contributed by atoms with E-state index in [0.29, 0.717) is 38.5 Å². The van der Waals surface area contributed by atoms with Crippen LogP contribution in [0.1, 0.15) is 92.4 Å². The van der Waals surface area contributed by atoms with Crippen molar-refractivity contribution in [2.24, 2.45) is 40.4 Å². The van der Waals surface area contributed by atoms with Crippen molar-refractivity contribution in [1.29, 1.82) is 0 Å². The molecule has 4 saturated heterocycles. The highest BCUT2D eigenvalue weighted by Crippen LogP contribution is 2.71. The molecule has 7 fully saturated rings. The molecule has 2 unspecified atom stereocenters. The van der Waals surface area contributed by atoms with Gasteiger partial charge in [-0.1, -0.05) is 39.3 Å². The molecule has 0 bridgehead atoms. The molecule has 64 heavy (non-hydrogen) atoms. The SMILES string of the molecule is CC(CCC1(O)O[C@H]2C[C@@]3(O)[C@@H]4CC=C5C[C@@H](O[C@@H]6O[C@H](CO)[C@@H](O)[C@H](O)[C@H]6O[C@@H]6O[C@@H](C)[C@H](O)[C@@H](O)[C@H]6O)CC[C@]5(C)[C@H]4CC[C@]3(C)[C@H]2[C@@H]1C)CO[C@@H]1O[C@H](CO)[C@@H](O)[C@H](O)[C@H]1O. The lowest BCUT2D eigenvalue weighted by molar-refractivity contribution is -0.369. The zero-order valence-corrected chi connectivity index (χ0v) is 37.5. The molecule has 368 valence electrons. The van der Waals surface area contributed by atoms with Gasteiger partial charge in [-0.05, 0) is 75.0 Å². The monoisotopic (exact) mass is 918 g/mol. The molecule has 12 N–H and O–H groups in total. The third-order valence-electron chi connectivity index (χ3n) is 17.6. The second-order valence-electron chi connectivity index (χ2n) is 21.2. The van der Waals surface area contributed by atoms with E-state index in [1.54, 1.807) is 0 Å². The fourth-order valence-electron chi connectivity index (χ4n) is 13.5. The van der Waals surface area contributed by atoms with Crippen LogP contribution in [0.15, 0.2) is 11.6 Å². The first kappa shape index (κ1) is 49.4. The smallest absolute Gasteiger partial charge is 0.187 e. The summed E-state index contributed by atoms with van der Waals surface area (Å²) in [6.45, 7) is 8.83. The Morgan fingerprint density at radius 2 is 1.38 bits per heavy atom. The minimum atomic E-state index is -1.67. The van der Waals surface area contributed by atoms with Crippen LogP contribution in [0.4, 0.5) is 0 Å². The van der Waals surface area contributed by atoms with Crippen molar-refractivity contribution < 1.29 is 94.4 Å². The second kappa shape index (κ2) is 18.4. The summed E-state index contributed by atoms with van der Waals surface area (Å²) in [7, 11) is 0. The summed E-state index contributed by atoms with van der Waals surface area (Å²) in [5.74, 6) is -1.80. The van der Waals surface area contributed by atoms with Crippen LogP contribution in [0, 0.1) is 40.4 Å². The minimum absolute atomic E-state index is 0.0499. The van der Waals surface area contributed by atoms with Gasteiger partial charge in [0.2, 0.25) is 0 Å². The Morgan fingerprint density at radius 1 is 0.734 bits per heavy atom. The van der Waals surface area contributed by atoms with Crippen LogP contribution in [0.3, 0.4) is 0 Å². The Kier molecular flexibility index (Phi) is 14.2. The standard InChI is InChI=1S/C45H74O19/c1-19(18-58-39-36(54)34(52)31(49)27(16-46)61-39)8-13-45(57)20(2)29-26(64-45)15-44(56)25-7-6-22-14-23(9-11-42(22,4)24(25)10-12-43(29,44)5)60-41-38(35(53)32(50)28(17-47)62-41)63-40-37(55)33(51)30(48)21(3)59-40/h6,19-21,23-41,46-57H,7-18H2,1-5H3/t19?,20-,21-,23-,24-,25+,26-,27+,28+,29-,30-,31+,32+,33+,34-,35-,36+,37+,38+,39+,40-,41+,42-,43+,44+,45?/m0/s1. The van der Waals surface area contributed by atoms with Crippen LogP contribution in [0.2, 0.25) is 0 Å². The predicted molar refractivity (Wildman–Crippen MR) is 219 cm³/mol. The van der Waals surface area contributed by atoms with Crippen LogP contribution in [0.25, 0.3) is 0 Å². The molecule has 0 radical (unpaired) electrons. The molecule has 3 saturated carbocycles. The highest BCUT2D eigenvalue weighted by Gasteiger charge is 2.74. The summed E-state index contributed by atoms with van der Waals surface area (Å²) in [5.41, 5.74) is -0.622. The number of hydrogen-bond acceptors (Lipinski definition) is 19. The van der Waals surface area contributed by atoms with Crippen LogP contribution >= 0.6 is 0 Å². The van der Waals surface area contributed by atoms with Crippen molar-refractivity contribution in [3.05, 3.63) is 11.6 Å². The van der Waals surface area contributed by atoms with Crippen molar-refractivity contribution >= 4 is 0 Å². The summed E-state index contributed by atoms with van der Waals surface area (Å²) in [4.78, 5) is 0. The molecule has 0 aromatic heterocycles. The van der Waals surface area contributed by atoms with Gasteiger partial charge in [-0.3, -0.25) is 0 Å². The van der Waals surface area contributed by atoms with Gasteiger partial charge in [0.15, 0.2) is 24.7 Å². The van der Waals surface area contributed by atoms with Gasteiger partial charge in [0.05, 0.1) is 43.7 Å². The first-order valence-corrected chi connectivity index (χ1v) is 23.5. The topological polar surface area (TPSA) is 307 Å². The summed E-state index contributed by atoms with van der Waals surface area (Å²) < 4.78 is 41.9. The molecular weight excluding hydrogens is 844 g/mol. The number of aliphatic hydroxyl groups excluding tert-OH is 10. The van der Waals surface area contributed by atoms with Gasteiger partial charge in [-0.15, -0.1) is 0 Å². The molecule has 0 amide bonds. The summed E-state index contributed by atoms with van der Waals surface area (Å²) >= 11 is 0. The van der Waals surface area contributed by atoms with Crippen LogP contribution in [-0.2, 0) is 33.2 Å². The van der Waals surface area contributed by atoms with E-state index in [9.17, 15) is 61.3 Å². The average Bonchev–Trinajstić information content (AvgIpc) is 3.65. The zero-order chi connectivity index (χ0) is 46.4. The lowest BCUT2D eigenvalue weighted by Gasteiger charge is -2.61. The van der Waals surface area contributed by atoms with Crippen molar-refractivity contribution in [3.63, 3.8) is 0 Å². The van der Waals surface area contributed by atoms with Crippen LogP contribution in [-0.4, -0.2) is 197 Å². The third-order valence-corrected chi connectivity index (χ3v) is 17.6. The molecule has 0 aromatic rings. The highest BCUT2D eigenvalue weighted by atomic mass is 16.8. The minimum Gasteiger partial charge on any atom is -0.394 e. The first-order valence-electron chi connectivity index (χ1n) is 23.5. The van der Waals surface area contributed by atoms with E-state index in [0.717, 1.165) is 19.3 Å². The fourth-order valence-corrected chi connectivity index (χ4v) is 13.5. The predicted octanol–water partition coefficient (Wildman–Crippen LogP) is -1.72. The van der Waals surface area contributed by atoms with E-state index in [2.05, 4.69) is 19.9 Å². The average molecular weight is 919 g/mol. The molecule has 26 atom stereocenters. The first-order chi connectivity index (χ1) is 30.1. The van der Waals surface area contributed by atoms with E-state index in [1.807, 2.05) is 13.8 Å². The Bertz CT molecular complexity index is 1660. The van der Waals surface area contributed by atoms with Gasteiger partial charge < -0.3 is 94.4 Å². The van der Waals surface area contributed by atoms with Crippen molar-refractivity contribution in [1.82, 2.24) is 0 Å². The number of aliphatic hydroxyl groups is 12. The summed E-state index contributed by atoms with van der Waals surface area (Å²) in [6, 6.07) is 0. The fraction of sp³-hybridized carbons (Fsp3) is 0.956. The van der Waals surface area contributed by atoms with E-state index < -0.39 is 128 Å². The molecule has 8 rings (SSSR count). The number of hydrogen-bond donors (Lipinski definition) is 12. The van der Waals surface area contributed by atoms with E-state index >= 15 is 0 Å². The maximum atomic E-state index is 13.0. The van der Waals surface area contributed by atoms with Crippen molar-refractivity contribution in [2.75, 3.05) is 19.8 Å². The molecule has 0 aromatic carbocycles. The van der Waals surface area contributed by atoms with E-state index in [-0.39, 0.29) is 47.7 Å². The molecule has 4 aliphatic heterocycles. The molecule has 4 aliphatic carbocycles. The molecule has 19 nitrogen and oxygen atoms in total. The quantitative estimate of drug-likeness (QED) is 0.0970. The maximum Gasteiger partial charge on any atom is 0.187 e. The lowest BCUT2D eigenvalue weighted by Crippen LogP contribution is -2.64. The zero-order valence-electron chi connectivity index (χ0n) is 37.5. The molecule has 8 aliphatic rings. The number of fused-ring (bicyclic) bond motifs is 7. The van der Waals surface area contributed by atoms with Gasteiger partial charge in [-0.2, -0.15) is 0 Å². The third kappa shape index (κ3) is 8.16.